The average Bonchev–Trinajstić information content (AvgIpc) is 3.21. The molecule has 0 aromatic heterocycles. The first-order chi connectivity index (χ1) is 9.72. The second kappa shape index (κ2) is 6.28. The summed E-state index contributed by atoms with van der Waals surface area (Å²) >= 11 is 0. The number of hydrogen-bond donors (Lipinski definition) is 2. The van der Waals surface area contributed by atoms with E-state index in [0.29, 0.717) is 6.04 Å². The molecule has 1 aromatic rings. The third-order valence-corrected chi connectivity index (χ3v) is 4.76. The van der Waals surface area contributed by atoms with E-state index in [1.807, 2.05) is 0 Å². The topological polar surface area (TPSA) is 24.1 Å². The van der Waals surface area contributed by atoms with E-state index in [1.165, 1.54) is 37.7 Å². The molecule has 0 heterocycles. The van der Waals surface area contributed by atoms with Crippen LogP contribution in [0.4, 0.5) is 0 Å². The van der Waals surface area contributed by atoms with Crippen molar-refractivity contribution in [2.45, 2.75) is 76.0 Å². The molecule has 2 atom stereocenters. The van der Waals surface area contributed by atoms with E-state index in [9.17, 15) is 0 Å². The third-order valence-electron chi connectivity index (χ3n) is 4.76. The van der Waals surface area contributed by atoms with Crippen molar-refractivity contribution in [1.29, 1.82) is 0 Å². The van der Waals surface area contributed by atoms with Crippen LogP contribution in [0.3, 0.4) is 0 Å². The van der Waals surface area contributed by atoms with Crippen LogP contribution in [0.15, 0.2) is 30.3 Å². The zero-order chi connectivity index (χ0) is 13.9. The molecule has 1 aromatic carbocycles. The van der Waals surface area contributed by atoms with Crippen LogP contribution < -0.4 is 10.6 Å². The van der Waals surface area contributed by atoms with Gasteiger partial charge in [-0.3, -0.25) is 0 Å². The summed E-state index contributed by atoms with van der Waals surface area (Å²) in [5.74, 6) is 0.766. The summed E-state index contributed by atoms with van der Waals surface area (Å²) in [6.07, 6.45) is 6.66. The van der Waals surface area contributed by atoms with Gasteiger partial charge in [-0.15, -0.1) is 0 Å². The van der Waals surface area contributed by atoms with Crippen molar-refractivity contribution in [3.63, 3.8) is 0 Å². The van der Waals surface area contributed by atoms with E-state index >= 15 is 0 Å². The summed E-state index contributed by atoms with van der Waals surface area (Å²) in [4.78, 5) is 0. The molecule has 2 heteroatoms. The van der Waals surface area contributed by atoms with Crippen molar-refractivity contribution in [2.24, 2.45) is 0 Å². The normalized spacial score (nSPS) is 33.4. The molecule has 20 heavy (non-hydrogen) atoms. The van der Waals surface area contributed by atoms with Crippen molar-refractivity contribution in [3.8, 4) is 0 Å². The van der Waals surface area contributed by atoms with Gasteiger partial charge in [-0.25, -0.2) is 0 Å². The summed E-state index contributed by atoms with van der Waals surface area (Å²) in [6, 6.07) is 13.8. The fourth-order valence-electron chi connectivity index (χ4n) is 3.65. The van der Waals surface area contributed by atoms with Gasteiger partial charge in [0.15, 0.2) is 0 Å². The summed E-state index contributed by atoms with van der Waals surface area (Å²) in [5.41, 5.74) is 1.51. The van der Waals surface area contributed by atoms with Crippen LogP contribution >= 0.6 is 0 Å². The van der Waals surface area contributed by atoms with Crippen LogP contribution in [0.25, 0.3) is 0 Å². The maximum absolute atomic E-state index is 3.89. The Bertz CT molecular complexity index is 407. The Hall–Kier alpha value is -0.860. The van der Waals surface area contributed by atoms with E-state index in [0.717, 1.165) is 24.0 Å². The number of nitrogens with one attached hydrogen (secondary N) is 2. The first-order valence-electron chi connectivity index (χ1n) is 8.29. The molecule has 2 aliphatic rings. The van der Waals surface area contributed by atoms with Crippen LogP contribution in [0.2, 0.25) is 0 Å². The van der Waals surface area contributed by atoms with Gasteiger partial charge in [-0.05, 0) is 37.7 Å². The highest BCUT2D eigenvalue weighted by molar-refractivity contribution is 5.27. The summed E-state index contributed by atoms with van der Waals surface area (Å²) in [5, 5.41) is 7.57. The van der Waals surface area contributed by atoms with Crippen LogP contribution in [0.1, 0.15) is 57.4 Å². The van der Waals surface area contributed by atoms with Gasteiger partial charge in [0, 0.05) is 30.1 Å². The van der Waals surface area contributed by atoms with Gasteiger partial charge < -0.3 is 10.6 Å². The largest absolute Gasteiger partial charge is 0.312 e. The molecule has 0 bridgehead atoms. The van der Waals surface area contributed by atoms with Gasteiger partial charge in [0.05, 0.1) is 0 Å². The second-order valence-electron chi connectivity index (χ2n) is 6.90. The summed E-state index contributed by atoms with van der Waals surface area (Å²) < 4.78 is 0. The molecular weight excluding hydrogens is 244 g/mol. The fourth-order valence-corrected chi connectivity index (χ4v) is 3.65. The Morgan fingerprint density at radius 2 is 1.60 bits per heavy atom. The molecule has 0 radical (unpaired) electrons. The Kier molecular flexibility index (Phi) is 4.42. The maximum atomic E-state index is 3.89. The lowest BCUT2D eigenvalue weighted by atomic mass is 9.90. The minimum Gasteiger partial charge on any atom is -0.312 e. The van der Waals surface area contributed by atoms with Gasteiger partial charge in [0.25, 0.3) is 0 Å². The van der Waals surface area contributed by atoms with E-state index < -0.39 is 0 Å². The monoisotopic (exact) mass is 272 g/mol. The first kappa shape index (κ1) is 14.1. The molecule has 2 fully saturated rings. The van der Waals surface area contributed by atoms with Gasteiger partial charge >= 0.3 is 0 Å². The molecule has 2 N–H and O–H groups in total. The minimum atomic E-state index is 0.621. The summed E-state index contributed by atoms with van der Waals surface area (Å²) in [6.45, 7) is 4.50. The lowest BCUT2D eigenvalue weighted by molar-refractivity contribution is 0.294. The highest BCUT2D eigenvalue weighted by Crippen LogP contribution is 2.41. The summed E-state index contributed by atoms with van der Waals surface area (Å²) in [7, 11) is 0. The predicted octanol–water partition coefficient (Wildman–Crippen LogP) is 3.44. The predicted molar refractivity (Wildman–Crippen MR) is 85.0 cm³/mol. The van der Waals surface area contributed by atoms with Crippen LogP contribution in [0, 0.1) is 0 Å². The second-order valence-corrected chi connectivity index (χ2v) is 6.90. The van der Waals surface area contributed by atoms with E-state index in [-0.39, 0.29) is 0 Å². The lowest BCUT2D eigenvalue weighted by Gasteiger charge is -2.31. The van der Waals surface area contributed by atoms with Crippen molar-refractivity contribution in [2.75, 3.05) is 0 Å². The van der Waals surface area contributed by atoms with Gasteiger partial charge in [0.2, 0.25) is 0 Å². The van der Waals surface area contributed by atoms with Crippen molar-refractivity contribution >= 4 is 0 Å². The van der Waals surface area contributed by atoms with Crippen LogP contribution in [-0.4, -0.2) is 24.2 Å². The molecule has 2 saturated carbocycles. The Morgan fingerprint density at radius 1 is 0.950 bits per heavy atom. The van der Waals surface area contributed by atoms with E-state index in [4.69, 9.17) is 0 Å². The van der Waals surface area contributed by atoms with Gasteiger partial charge in [-0.2, -0.15) is 0 Å². The standard InChI is InChI=1S/C18H28N2/c1-13(2)19-15-8-10-16(11-9-15)20-18-12-17(18)14-6-4-3-5-7-14/h3-7,13,15-20H,8-12H2,1-2H3/t15-,16-,17-,18+/m0/s1. The molecule has 0 amide bonds. The number of benzene rings is 1. The van der Waals surface area contributed by atoms with Crippen LogP contribution in [0.5, 0.6) is 0 Å². The third kappa shape index (κ3) is 3.62. The van der Waals surface area contributed by atoms with Gasteiger partial charge in [0.1, 0.15) is 0 Å². The molecule has 2 nitrogen and oxygen atoms in total. The quantitative estimate of drug-likeness (QED) is 0.858. The van der Waals surface area contributed by atoms with Crippen molar-refractivity contribution < 1.29 is 0 Å². The molecular formula is C18H28N2. The minimum absolute atomic E-state index is 0.621. The van der Waals surface area contributed by atoms with Gasteiger partial charge in [-0.1, -0.05) is 44.2 Å². The maximum Gasteiger partial charge on any atom is 0.0145 e. The highest BCUT2D eigenvalue weighted by Gasteiger charge is 2.39. The van der Waals surface area contributed by atoms with Crippen molar-refractivity contribution in [1.82, 2.24) is 10.6 Å². The Morgan fingerprint density at radius 3 is 2.25 bits per heavy atom. The number of hydrogen-bond acceptors (Lipinski definition) is 2. The molecule has 0 saturated heterocycles. The van der Waals surface area contributed by atoms with Crippen molar-refractivity contribution in [3.05, 3.63) is 35.9 Å². The van der Waals surface area contributed by atoms with E-state index in [2.05, 4.69) is 54.8 Å². The zero-order valence-electron chi connectivity index (χ0n) is 12.8. The molecule has 110 valence electrons. The molecule has 0 aliphatic heterocycles. The van der Waals surface area contributed by atoms with Crippen LogP contribution in [-0.2, 0) is 0 Å². The zero-order valence-corrected chi connectivity index (χ0v) is 12.8. The molecule has 0 unspecified atom stereocenters. The average molecular weight is 272 g/mol. The highest BCUT2D eigenvalue weighted by atomic mass is 15.0. The fraction of sp³-hybridized carbons (Fsp3) is 0.667. The molecule has 2 aliphatic carbocycles. The Labute approximate surface area is 123 Å². The smallest absolute Gasteiger partial charge is 0.0145 e. The lowest BCUT2D eigenvalue weighted by Crippen LogP contribution is -2.42. The SMILES string of the molecule is CC(C)N[C@H]1CC[C@H](N[C@@H]2C[C@H]2c2ccccc2)CC1. The Balaban J connectivity index is 1.41. The molecule has 0 spiro atoms. The first-order valence-corrected chi connectivity index (χ1v) is 8.29. The number of rotatable bonds is 5. The van der Waals surface area contributed by atoms with E-state index in [1.54, 1.807) is 0 Å². The molecule has 3 rings (SSSR count).